The monoisotopic (exact) mass is 359 g/mol. The van der Waals surface area contributed by atoms with Gasteiger partial charge in [0.25, 0.3) is 0 Å². The van der Waals surface area contributed by atoms with E-state index >= 15 is 0 Å². The van der Waals surface area contributed by atoms with Crippen LogP contribution in [-0.2, 0) is 12.8 Å². The molecule has 2 aromatic carbocycles. The van der Waals surface area contributed by atoms with Gasteiger partial charge in [-0.3, -0.25) is 0 Å². The zero-order valence-electron chi connectivity index (χ0n) is 15.2. The Morgan fingerprint density at radius 2 is 1.52 bits per heavy atom. The fourth-order valence-electron chi connectivity index (χ4n) is 3.59. The normalized spacial score (nSPS) is 15.6. The summed E-state index contributed by atoms with van der Waals surface area (Å²) in [7, 11) is 1.72. The maximum atomic E-state index is 5.22. The summed E-state index contributed by atoms with van der Waals surface area (Å²) in [6, 6.07) is 19.4. The number of ether oxygens (including phenoxy) is 1. The third-order valence-corrected chi connectivity index (χ3v) is 5.27. The highest BCUT2D eigenvalue weighted by molar-refractivity contribution is 5.85. The Morgan fingerprint density at radius 1 is 0.880 bits per heavy atom. The van der Waals surface area contributed by atoms with Gasteiger partial charge in [0.2, 0.25) is 0 Å². The van der Waals surface area contributed by atoms with Crippen molar-refractivity contribution in [3.05, 3.63) is 65.7 Å². The molecule has 1 aliphatic heterocycles. The molecule has 136 valence electrons. The molecule has 0 spiro atoms. The minimum absolute atomic E-state index is 0. The molecule has 0 N–H and O–H groups in total. The molecule has 3 heteroatoms. The number of likely N-dealkylation sites (tertiary alicyclic amines) is 1. The lowest BCUT2D eigenvalue weighted by molar-refractivity contribution is 0.181. The lowest BCUT2D eigenvalue weighted by Gasteiger charge is -2.32. The van der Waals surface area contributed by atoms with E-state index in [9.17, 15) is 0 Å². The lowest BCUT2D eigenvalue weighted by Crippen LogP contribution is -2.35. The maximum absolute atomic E-state index is 5.22. The standard InChI is InChI=1S/C22H29NO.ClH/c1-24-22-11-9-20(10-12-22)7-8-21-14-17-23(18-15-21)16-13-19-5-3-2-4-6-19;/h2-6,9-12,21H,7-8,13-18H2,1H3;1H. The van der Waals surface area contributed by atoms with Crippen LogP contribution < -0.4 is 4.74 Å². The quantitative estimate of drug-likeness (QED) is 0.689. The van der Waals surface area contributed by atoms with Crippen molar-refractivity contribution >= 4 is 12.4 Å². The Morgan fingerprint density at radius 3 is 2.16 bits per heavy atom. The molecule has 1 fully saturated rings. The molecule has 1 saturated heterocycles. The van der Waals surface area contributed by atoms with E-state index in [1.165, 1.54) is 62.9 Å². The van der Waals surface area contributed by atoms with Crippen molar-refractivity contribution in [3.63, 3.8) is 0 Å². The number of benzene rings is 2. The van der Waals surface area contributed by atoms with E-state index in [0.717, 1.165) is 11.7 Å². The predicted octanol–water partition coefficient (Wildman–Crippen LogP) is 5.00. The molecule has 0 unspecified atom stereocenters. The molecule has 0 aromatic heterocycles. The van der Waals surface area contributed by atoms with Crippen LogP contribution in [0.5, 0.6) is 5.75 Å². The molecule has 0 atom stereocenters. The first-order chi connectivity index (χ1) is 11.8. The summed E-state index contributed by atoms with van der Waals surface area (Å²) < 4.78 is 5.22. The van der Waals surface area contributed by atoms with E-state index in [1.54, 1.807) is 7.11 Å². The Hall–Kier alpha value is -1.51. The molecule has 0 radical (unpaired) electrons. The third kappa shape index (κ3) is 6.37. The summed E-state index contributed by atoms with van der Waals surface area (Å²) in [5.74, 6) is 1.84. The van der Waals surface area contributed by atoms with Crippen molar-refractivity contribution in [3.8, 4) is 5.75 Å². The number of hydrogen-bond acceptors (Lipinski definition) is 2. The third-order valence-electron chi connectivity index (χ3n) is 5.27. The lowest BCUT2D eigenvalue weighted by atomic mass is 9.90. The summed E-state index contributed by atoms with van der Waals surface area (Å²) in [6.45, 7) is 3.73. The van der Waals surface area contributed by atoms with Crippen molar-refractivity contribution in [2.24, 2.45) is 5.92 Å². The molecular formula is C22H30ClNO. The molecule has 1 aliphatic rings. The van der Waals surface area contributed by atoms with Crippen LogP contribution >= 0.6 is 12.4 Å². The molecule has 0 saturated carbocycles. The molecule has 0 amide bonds. The highest BCUT2D eigenvalue weighted by atomic mass is 35.5. The summed E-state index contributed by atoms with van der Waals surface area (Å²) in [5, 5.41) is 0. The smallest absolute Gasteiger partial charge is 0.118 e. The van der Waals surface area contributed by atoms with Gasteiger partial charge in [0.15, 0.2) is 0 Å². The second kappa shape index (κ2) is 10.5. The Kier molecular flexibility index (Phi) is 8.30. The number of hydrogen-bond donors (Lipinski definition) is 0. The van der Waals surface area contributed by atoms with Crippen molar-refractivity contribution in [1.29, 1.82) is 0 Å². The first-order valence-electron chi connectivity index (χ1n) is 9.22. The van der Waals surface area contributed by atoms with Crippen molar-refractivity contribution < 1.29 is 4.74 Å². The van der Waals surface area contributed by atoms with Gasteiger partial charge in [-0.15, -0.1) is 12.4 Å². The molecule has 25 heavy (non-hydrogen) atoms. The van der Waals surface area contributed by atoms with Gasteiger partial charge in [-0.05, 0) is 74.4 Å². The van der Waals surface area contributed by atoms with Crippen LogP contribution in [0.1, 0.15) is 30.4 Å². The molecule has 1 heterocycles. The summed E-state index contributed by atoms with van der Waals surface area (Å²) in [4.78, 5) is 2.64. The minimum Gasteiger partial charge on any atom is -0.497 e. The van der Waals surface area contributed by atoms with Gasteiger partial charge in [-0.1, -0.05) is 42.5 Å². The molecule has 3 rings (SSSR count). The average molecular weight is 360 g/mol. The number of halogens is 1. The van der Waals surface area contributed by atoms with Gasteiger partial charge in [0.1, 0.15) is 5.75 Å². The van der Waals surface area contributed by atoms with Crippen LogP contribution in [0.3, 0.4) is 0 Å². The van der Waals surface area contributed by atoms with Crippen LogP contribution in [0.2, 0.25) is 0 Å². The highest BCUT2D eigenvalue weighted by Gasteiger charge is 2.18. The second-order valence-electron chi connectivity index (χ2n) is 6.91. The zero-order valence-corrected chi connectivity index (χ0v) is 16.0. The van der Waals surface area contributed by atoms with Crippen LogP contribution in [-0.4, -0.2) is 31.6 Å². The van der Waals surface area contributed by atoms with E-state index < -0.39 is 0 Å². The molecule has 0 bridgehead atoms. The first kappa shape index (κ1) is 19.8. The highest BCUT2D eigenvalue weighted by Crippen LogP contribution is 2.23. The van der Waals surface area contributed by atoms with Crippen molar-refractivity contribution in [2.45, 2.75) is 32.1 Å². The van der Waals surface area contributed by atoms with Crippen LogP contribution in [0.15, 0.2) is 54.6 Å². The van der Waals surface area contributed by atoms with E-state index in [2.05, 4.69) is 59.5 Å². The SMILES string of the molecule is COc1ccc(CCC2CCN(CCc3ccccc3)CC2)cc1.Cl. The van der Waals surface area contributed by atoms with E-state index in [4.69, 9.17) is 4.74 Å². The number of nitrogens with zero attached hydrogens (tertiary/aromatic N) is 1. The number of aryl methyl sites for hydroxylation is 1. The van der Waals surface area contributed by atoms with Crippen molar-refractivity contribution in [2.75, 3.05) is 26.7 Å². The molecule has 2 aromatic rings. The largest absolute Gasteiger partial charge is 0.497 e. The number of methoxy groups -OCH3 is 1. The minimum atomic E-state index is 0. The van der Waals surface area contributed by atoms with Gasteiger partial charge in [0, 0.05) is 6.54 Å². The predicted molar refractivity (Wildman–Crippen MR) is 108 cm³/mol. The van der Waals surface area contributed by atoms with Crippen LogP contribution in [0, 0.1) is 5.92 Å². The van der Waals surface area contributed by atoms with Gasteiger partial charge < -0.3 is 9.64 Å². The van der Waals surface area contributed by atoms with E-state index in [-0.39, 0.29) is 12.4 Å². The van der Waals surface area contributed by atoms with Crippen LogP contribution in [0.4, 0.5) is 0 Å². The average Bonchev–Trinajstić information content (AvgIpc) is 2.67. The summed E-state index contributed by atoms with van der Waals surface area (Å²) >= 11 is 0. The van der Waals surface area contributed by atoms with Gasteiger partial charge in [-0.25, -0.2) is 0 Å². The van der Waals surface area contributed by atoms with E-state index in [1.807, 2.05) is 0 Å². The Balaban J connectivity index is 0.00000225. The molecular weight excluding hydrogens is 330 g/mol. The molecule has 2 nitrogen and oxygen atoms in total. The fourth-order valence-corrected chi connectivity index (χ4v) is 3.59. The topological polar surface area (TPSA) is 12.5 Å². The summed E-state index contributed by atoms with van der Waals surface area (Å²) in [5.41, 5.74) is 2.89. The Labute approximate surface area is 158 Å². The van der Waals surface area contributed by atoms with Gasteiger partial charge in [-0.2, -0.15) is 0 Å². The summed E-state index contributed by atoms with van der Waals surface area (Å²) in [6.07, 6.45) is 6.39. The maximum Gasteiger partial charge on any atom is 0.118 e. The van der Waals surface area contributed by atoms with Gasteiger partial charge >= 0.3 is 0 Å². The number of rotatable bonds is 7. The van der Waals surface area contributed by atoms with Gasteiger partial charge in [0.05, 0.1) is 7.11 Å². The molecule has 0 aliphatic carbocycles. The Bertz CT molecular complexity index is 591. The zero-order chi connectivity index (χ0) is 16.6. The van der Waals surface area contributed by atoms with Crippen molar-refractivity contribution in [1.82, 2.24) is 4.90 Å². The fraction of sp³-hybridized carbons (Fsp3) is 0.455. The van der Waals surface area contributed by atoms with Crippen LogP contribution in [0.25, 0.3) is 0 Å². The second-order valence-corrected chi connectivity index (χ2v) is 6.91. The first-order valence-corrected chi connectivity index (χ1v) is 9.22. The number of piperidine rings is 1. The van der Waals surface area contributed by atoms with E-state index in [0.29, 0.717) is 0 Å².